The van der Waals surface area contributed by atoms with Crippen LogP contribution in [0.4, 0.5) is 5.69 Å². The van der Waals surface area contributed by atoms with Crippen LogP contribution in [0.3, 0.4) is 0 Å². The van der Waals surface area contributed by atoms with Gasteiger partial charge in [-0.3, -0.25) is 0 Å². The molecule has 1 saturated heterocycles. The van der Waals surface area contributed by atoms with Gasteiger partial charge < -0.3 is 20.1 Å². The first-order chi connectivity index (χ1) is 9.70. The fraction of sp³-hybridized carbons (Fsp3) is 0.625. The normalized spacial score (nSPS) is 19.1. The summed E-state index contributed by atoms with van der Waals surface area (Å²) in [7, 11) is 0. The van der Waals surface area contributed by atoms with Crippen molar-refractivity contribution >= 4 is 5.69 Å². The average Bonchev–Trinajstić information content (AvgIpc) is 2.44. The third-order valence-electron chi connectivity index (χ3n) is 3.67. The molecule has 2 rings (SSSR count). The molecule has 1 aliphatic heterocycles. The fourth-order valence-electron chi connectivity index (χ4n) is 2.66. The Balaban J connectivity index is 1.95. The van der Waals surface area contributed by atoms with Crippen molar-refractivity contribution in [2.45, 2.75) is 32.7 Å². The highest BCUT2D eigenvalue weighted by Gasteiger charge is 2.18. The van der Waals surface area contributed by atoms with Crippen molar-refractivity contribution in [3.63, 3.8) is 0 Å². The first-order valence-corrected chi connectivity index (χ1v) is 7.52. The highest BCUT2D eigenvalue weighted by Crippen LogP contribution is 2.27. The zero-order valence-electron chi connectivity index (χ0n) is 12.6. The van der Waals surface area contributed by atoms with Gasteiger partial charge in [-0.05, 0) is 50.5 Å². The van der Waals surface area contributed by atoms with Gasteiger partial charge in [0.15, 0.2) is 0 Å². The van der Waals surface area contributed by atoms with Crippen molar-refractivity contribution in [1.82, 2.24) is 0 Å². The first kappa shape index (κ1) is 15.1. The van der Waals surface area contributed by atoms with Crippen molar-refractivity contribution in [3.05, 3.63) is 23.8 Å². The molecule has 0 saturated carbocycles. The van der Waals surface area contributed by atoms with E-state index in [0.29, 0.717) is 19.3 Å². The van der Waals surface area contributed by atoms with E-state index in [1.165, 1.54) is 17.7 Å². The lowest BCUT2D eigenvalue weighted by atomic mass is 10.0. The van der Waals surface area contributed by atoms with Gasteiger partial charge in [0.2, 0.25) is 0 Å². The molecule has 4 heteroatoms. The fourth-order valence-corrected chi connectivity index (χ4v) is 2.66. The molecule has 112 valence electrons. The Hall–Kier alpha value is -1.26. The second kappa shape index (κ2) is 7.50. The van der Waals surface area contributed by atoms with Gasteiger partial charge in [-0.25, -0.2) is 0 Å². The third-order valence-corrected chi connectivity index (χ3v) is 3.67. The summed E-state index contributed by atoms with van der Waals surface area (Å²) < 4.78 is 11.0. The summed E-state index contributed by atoms with van der Waals surface area (Å²) in [4.78, 5) is 2.38. The second-order valence-electron chi connectivity index (χ2n) is 5.34. The van der Waals surface area contributed by atoms with Crippen LogP contribution in [0.15, 0.2) is 18.2 Å². The maximum Gasteiger partial charge on any atom is 0.119 e. The van der Waals surface area contributed by atoms with E-state index in [4.69, 9.17) is 15.2 Å². The van der Waals surface area contributed by atoms with Crippen LogP contribution in [0.2, 0.25) is 0 Å². The molecule has 0 aliphatic carbocycles. The molecule has 1 unspecified atom stereocenters. The molecule has 0 bridgehead atoms. The van der Waals surface area contributed by atoms with Crippen LogP contribution < -0.4 is 15.4 Å². The number of aryl methyl sites for hydroxylation is 1. The molecule has 1 heterocycles. The minimum atomic E-state index is 0.297. The Bertz CT molecular complexity index is 423. The molecule has 0 amide bonds. The summed E-state index contributed by atoms with van der Waals surface area (Å²) >= 11 is 0. The molecule has 0 radical (unpaired) electrons. The van der Waals surface area contributed by atoms with E-state index in [2.05, 4.69) is 24.0 Å². The molecule has 1 aliphatic rings. The minimum absolute atomic E-state index is 0.297. The molecule has 0 aromatic heterocycles. The Morgan fingerprint density at radius 3 is 2.90 bits per heavy atom. The number of hydrogen-bond acceptors (Lipinski definition) is 4. The largest absolute Gasteiger partial charge is 0.491 e. The van der Waals surface area contributed by atoms with Crippen molar-refractivity contribution in [3.8, 4) is 5.75 Å². The predicted molar refractivity (Wildman–Crippen MR) is 82.6 cm³/mol. The Morgan fingerprint density at radius 2 is 2.20 bits per heavy atom. The van der Waals surface area contributed by atoms with E-state index < -0.39 is 0 Å². The van der Waals surface area contributed by atoms with E-state index in [1.54, 1.807) is 0 Å². The summed E-state index contributed by atoms with van der Waals surface area (Å²) in [6.45, 7) is 8.13. The highest BCUT2D eigenvalue weighted by atomic mass is 16.5. The van der Waals surface area contributed by atoms with Crippen LogP contribution in [0, 0.1) is 6.92 Å². The number of nitrogens with two attached hydrogens (primary N) is 1. The molecule has 20 heavy (non-hydrogen) atoms. The van der Waals surface area contributed by atoms with Crippen molar-refractivity contribution in [2.75, 3.05) is 37.8 Å². The van der Waals surface area contributed by atoms with Crippen molar-refractivity contribution in [2.24, 2.45) is 5.73 Å². The Morgan fingerprint density at radius 1 is 1.35 bits per heavy atom. The van der Waals surface area contributed by atoms with Crippen LogP contribution >= 0.6 is 0 Å². The zero-order valence-corrected chi connectivity index (χ0v) is 12.6. The van der Waals surface area contributed by atoms with Crippen LogP contribution in [-0.4, -0.2) is 39.0 Å². The molecule has 4 nitrogen and oxygen atoms in total. The highest BCUT2D eigenvalue weighted by molar-refractivity contribution is 5.56. The summed E-state index contributed by atoms with van der Waals surface area (Å²) in [6.07, 6.45) is 2.31. The van der Waals surface area contributed by atoms with Gasteiger partial charge in [0.05, 0.1) is 6.61 Å². The van der Waals surface area contributed by atoms with Gasteiger partial charge in [0.25, 0.3) is 0 Å². The van der Waals surface area contributed by atoms with Crippen LogP contribution in [0.25, 0.3) is 0 Å². The van der Waals surface area contributed by atoms with E-state index in [-0.39, 0.29) is 0 Å². The van der Waals surface area contributed by atoms with Gasteiger partial charge >= 0.3 is 0 Å². The quantitative estimate of drug-likeness (QED) is 0.811. The average molecular weight is 278 g/mol. The molecule has 1 aromatic carbocycles. The maximum atomic E-state index is 6.06. The zero-order chi connectivity index (χ0) is 14.4. The smallest absolute Gasteiger partial charge is 0.119 e. The predicted octanol–water partition coefficient (Wildman–Crippen LogP) is 2.34. The second-order valence-corrected chi connectivity index (χ2v) is 5.34. The number of benzene rings is 1. The van der Waals surface area contributed by atoms with Gasteiger partial charge in [-0.15, -0.1) is 0 Å². The number of rotatable bonds is 6. The van der Waals surface area contributed by atoms with Gasteiger partial charge in [0, 0.05) is 31.4 Å². The third kappa shape index (κ3) is 4.12. The molecular formula is C16H26N2O2. The molecule has 0 spiro atoms. The molecule has 1 atom stereocenters. The maximum absolute atomic E-state index is 6.06. The lowest BCUT2D eigenvalue weighted by molar-refractivity contribution is 0.110. The van der Waals surface area contributed by atoms with Gasteiger partial charge in [-0.1, -0.05) is 0 Å². The van der Waals surface area contributed by atoms with E-state index in [1.807, 2.05) is 13.0 Å². The lowest BCUT2D eigenvalue weighted by Gasteiger charge is -2.33. The van der Waals surface area contributed by atoms with E-state index in [9.17, 15) is 0 Å². The number of anilines is 1. The first-order valence-electron chi connectivity index (χ1n) is 7.52. The topological polar surface area (TPSA) is 47.7 Å². The van der Waals surface area contributed by atoms with Crippen molar-refractivity contribution < 1.29 is 9.47 Å². The Kier molecular flexibility index (Phi) is 5.68. The molecular weight excluding hydrogens is 252 g/mol. The van der Waals surface area contributed by atoms with Crippen LogP contribution in [-0.2, 0) is 4.74 Å². The summed E-state index contributed by atoms with van der Waals surface area (Å²) in [5.41, 5.74) is 8.58. The standard InChI is InChI=1S/C16H26N2O2/c1-3-19-9-10-20-15-6-7-16(13(2)11-15)18-8-4-5-14(17)12-18/h6-7,11,14H,3-5,8-10,12,17H2,1-2H3. The van der Waals surface area contributed by atoms with E-state index in [0.717, 1.165) is 31.9 Å². The van der Waals surface area contributed by atoms with E-state index >= 15 is 0 Å². The Labute approximate surface area is 121 Å². The minimum Gasteiger partial charge on any atom is -0.491 e. The lowest BCUT2D eigenvalue weighted by Crippen LogP contribution is -2.43. The number of piperidine rings is 1. The summed E-state index contributed by atoms with van der Waals surface area (Å²) in [6, 6.07) is 6.57. The number of hydrogen-bond donors (Lipinski definition) is 1. The van der Waals surface area contributed by atoms with Crippen molar-refractivity contribution in [1.29, 1.82) is 0 Å². The molecule has 2 N–H and O–H groups in total. The molecule has 1 fully saturated rings. The van der Waals surface area contributed by atoms with Gasteiger partial charge in [-0.2, -0.15) is 0 Å². The van der Waals surface area contributed by atoms with Crippen LogP contribution in [0.5, 0.6) is 5.75 Å². The molecule has 1 aromatic rings. The summed E-state index contributed by atoms with van der Waals surface area (Å²) in [5, 5.41) is 0. The SMILES string of the molecule is CCOCCOc1ccc(N2CCCC(N)C2)c(C)c1. The van der Waals surface area contributed by atoms with Crippen LogP contribution in [0.1, 0.15) is 25.3 Å². The summed E-state index contributed by atoms with van der Waals surface area (Å²) in [5.74, 6) is 0.910. The number of nitrogens with zero attached hydrogens (tertiary/aromatic N) is 1. The van der Waals surface area contributed by atoms with Gasteiger partial charge in [0.1, 0.15) is 12.4 Å². The monoisotopic (exact) mass is 278 g/mol. The number of ether oxygens (including phenoxy) is 2.